The molecule has 1 fully saturated rings. The number of hydrogen-bond donors (Lipinski definition) is 2. The molecule has 0 bridgehead atoms. The van der Waals surface area contributed by atoms with Gasteiger partial charge in [-0.2, -0.15) is 0 Å². The fourth-order valence-corrected chi connectivity index (χ4v) is 2.36. The Labute approximate surface area is 113 Å². The first-order chi connectivity index (χ1) is 9.20. The molecular formula is C14H21FN2O2. The molecule has 1 aromatic rings. The largest absolute Gasteiger partial charge is 0.496 e. The molecule has 0 amide bonds. The number of nitrogens with zero attached hydrogens (tertiary/aromatic N) is 1. The van der Waals surface area contributed by atoms with E-state index in [0.717, 1.165) is 32.7 Å². The lowest BCUT2D eigenvalue weighted by atomic mass is 10.0. The quantitative estimate of drug-likeness (QED) is 0.841. The highest BCUT2D eigenvalue weighted by Gasteiger charge is 2.17. The molecule has 106 valence electrons. The van der Waals surface area contributed by atoms with Crippen molar-refractivity contribution in [1.82, 2.24) is 10.2 Å². The molecule has 1 saturated heterocycles. The average molecular weight is 268 g/mol. The Balaban J connectivity index is 1.94. The van der Waals surface area contributed by atoms with Gasteiger partial charge in [0.25, 0.3) is 0 Å². The summed E-state index contributed by atoms with van der Waals surface area (Å²) in [6.45, 7) is 4.77. The molecule has 1 heterocycles. The Bertz CT molecular complexity index is 408. The number of benzene rings is 1. The van der Waals surface area contributed by atoms with Crippen molar-refractivity contribution < 1.29 is 14.2 Å². The number of methoxy groups -OCH3 is 1. The first-order valence-electron chi connectivity index (χ1n) is 6.65. The van der Waals surface area contributed by atoms with Crippen molar-refractivity contribution in [2.45, 2.75) is 12.5 Å². The van der Waals surface area contributed by atoms with E-state index in [1.807, 2.05) is 0 Å². The van der Waals surface area contributed by atoms with Crippen LogP contribution in [0, 0.1) is 5.82 Å². The maximum Gasteiger partial charge on any atom is 0.124 e. The molecule has 1 aliphatic rings. The molecular weight excluding hydrogens is 247 g/mol. The van der Waals surface area contributed by atoms with Gasteiger partial charge < -0.3 is 20.1 Å². The molecule has 19 heavy (non-hydrogen) atoms. The molecule has 0 aliphatic carbocycles. The van der Waals surface area contributed by atoms with E-state index in [1.165, 1.54) is 19.2 Å². The summed E-state index contributed by atoms with van der Waals surface area (Å²) in [6, 6.07) is 4.24. The van der Waals surface area contributed by atoms with Gasteiger partial charge in [-0.05, 0) is 24.6 Å². The van der Waals surface area contributed by atoms with Gasteiger partial charge in [-0.1, -0.05) is 0 Å². The SMILES string of the molecule is COc1ccc(F)cc1C(O)CCN1CCNCC1. The maximum atomic E-state index is 13.3. The summed E-state index contributed by atoms with van der Waals surface area (Å²) in [4.78, 5) is 2.30. The van der Waals surface area contributed by atoms with Crippen LogP contribution < -0.4 is 10.1 Å². The molecule has 1 aliphatic heterocycles. The van der Waals surface area contributed by atoms with E-state index in [-0.39, 0.29) is 5.82 Å². The molecule has 1 atom stereocenters. The van der Waals surface area contributed by atoms with E-state index in [2.05, 4.69) is 10.2 Å². The summed E-state index contributed by atoms with van der Waals surface area (Å²) in [5, 5.41) is 13.5. The topological polar surface area (TPSA) is 44.7 Å². The van der Waals surface area contributed by atoms with Crippen molar-refractivity contribution in [3.63, 3.8) is 0 Å². The normalized spacial score (nSPS) is 18.3. The fraction of sp³-hybridized carbons (Fsp3) is 0.571. The Morgan fingerprint density at radius 3 is 2.84 bits per heavy atom. The molecule has 5 heteroatoms. The number of ether oxygens (including phenoxy) is 1. The van der Waals surface area contributed by atoms with Gasteiger partial charge in [0, 0.05) is 38.3 Å². The fourth-order valence-electron chi connectivity index (χ4n) is 2.36. The number of piperazine rings is 1. The zero-order chi connectivity index (χ0) is 13.7. The highest BCUT2D eigenvalue weighted by Crippen LogP contribution is 2.28. The summed E-state index contributed by atoms with van der Waals surface area (Å²) in [5.74, 6) is 0.186. The van der Waals surface area contributed by atoms with Crippen LogP contribution in [0.15, 0.2) is 18.2 Å². The number of aliphatic hydroxyl groups excluding tert-OH is 1. The molecule has 0 aromatic heterocycles. The van der Waals surface area contributed by atoms with Crippen LogP contribution in [0.25, 0.3) is 0 Å². The smallest absolute Gasteiger partial charge is 0.124 e. The molecule has 4 nitrogen and oxygen atoms in total. The Morgan fingerprint density at radius 1 is 1.42 bits per heavy atom. The van der Waals surface area contributed by atoms with Gasteiger partial charge in [-0.25, -0.2) is 4.39 Å². The second-order valence-corrected chi connectivity index (χ2v) is 4.78. The molecule has 0 spiro atoms. The van der Waals surface area contributed by atoms with Crippen molar-refractivity contribution in [2.75, 3.05) is 39.8 Å². The summed E-state index contributed by atoms with van der Waals surface area (Å²) in [5.41, 5.74) is 0.526. The lowest BCUT2D eigenvalue weighted by Crippen LogP contribution is -2.44. The maximum absolute atomic E-state index is 13.3. The minimum absolute atomic E-state index is 0.350. The van der Waals surface area contributed by atoms with Crippen LogP contribution in [-0.2, 0) is 0 Å². The first kappa shape index (κ1) is 14.2. The van der Waals surface area contributed by atoms with E-state index < -0.39 is 6.10 Å². The van der Waals surface area contributed by atoms with Crippen LogP contribution in [-0.4, -0.2) is 49.8 Å². The second kappa shape index (κ2) is 6.84. The molecule has 0 radical (unpaired) electrons. The number of nitrogens with one attached hydrogen (secondary N) is 1. The van der Waals surface area contributed by atoms with Crippen LogP contribution in [0.1, 0.15) is 18.1 Å². The standard InChI is InChI=1S/C14H21FN2O2/c1-19-14-3-2-11(15)10-12(14)13(18)4-7-17-8-5-16-6-9-17/h2-3,10,13,16,18H,4-9H2,1H3. The minimum atomic E-state index is -0.694. The first-order valence-corrected chi connectivity index (χ1v) is 6.65. The number of hydrogen-bond acceptors (Lipinski definition) is 4. The average Bonchev–Trinajstić information content (AvgIpc) is 2.46. The molecule has 2 N–H and O–H groups in total. The highest BCUT2D eigenvalue weighted by molar-refractivity contribution is 5.35. The lowest BCUT2D eigenvalue weighted by Gasteiger charge is -2.28. The van der Waals surface area contributed by atoms with Crippen LogP contribution in [0.3, 0.4) is 0 Å². The van der Waals surface area contributed by atoms with Crippen LogP contribution in [0.4, 0.5) is 4.39 Å². The van der Waals surface area contributed by atoms with E-state index in [4.69, 9.17) is 4.74 Å². The monoisotopic (exact) mass is 268 g/mol. The van der Waals surface area contributed by atoms with Gasteiger partial charge in [-0.3, -0.25) is 0 Å². The van der Waals surface area contributed by atoms with Gasteiger partial charge in [0.1, 0.15) is 11.6 Å². The Hall–Kier alpha value is -1.17. The number of rotatable bonds is 5. The Morgan fingerprint density at radius 2 is 2.16 bits per heavy atom. The molecule has 1 unspecified atom stereocenters. The summed E-state index contributed by atoms with van der Waals surface area (Å²) in [7, 11) is 1.53. The number of aliphatic hydroxyl groups is 1. The van der Waals surface area contributed by atoms with Gasteiger partial charge in [0.05, 0.1) is 13.2 Å². The third-order valence-electron chi connectivity index (χ3n) is 3.48. The van der Waals surface area contributed by atoms with Crippen molar-refractivity contribution >= 4 is 0 Å². The minimum Gasteiger partial charge on any atom is -0.496 e. The van der Waals surface area contributed by atoms with Crippen molar-refractivity contribution in [3.05, 3.63) is 29.6 Å². The van der Waals surface area contributed by atoms with Crippen LogP contribution in [0.5, 0.6) is 5.75 Å². The van der Waals surface area contributed by atoms with Crippen molar-refractivity contribution in [3.8, 4) is 5.75 Å². The van der Waals surface area contributed by atoms with E-state index >= 15 is 0 Å². The summed E-state index contributed by atoms with van der Waals surface area (Å²) in [6.07, 6.45) is -0.111. The third kappa shape index (κ3) is 3.89. The second-order valence-electron chi connectivity index (χ2n) is 4.78. The van der Waals surface area contributed by atoms with E-state index in [0.29, 0.717) is 17.7 Å². The van der Waals surface area contributed by atoms with Gasteiger partial charge in [0.15, 0.2) is 0 Å². The number of halogens is 1. The van der Waals surface area contributed by atoms with Gasteiger partial charge in [0.2, 0.25) is 0 Å². The van der Waals surface area contributed by atoms with E-state index in [9.17, 15) is 9.50 Å². The molecule has 2 rings (SSSR count). The van der Waals surface area contributed by atoms with Crippen LogP contribution >= 0.6 is 0 Å². The zero-order valence-electron chi connectivity index (χ0n) is 11.2. The lowest BCUT2D eigenvalue weighted by molar-refractivity contribution is 0.133. The molecule has 0 saturated carbocycles. The van der Waals surface area contributed by atoms with Crippen LogP contribution in [0.2, 0.25) is 0 Å². The van der Waals surface area contributed by atoms with Crippen molar-refractivity contribution in [2.24, 2.45) is 0 Å². The third-order valence-corrected chi connectivity index (χ3v) is 3.48. The zero-order valence-corrected chi connectivity index (χ0v) is 11.2. The van der Waals surface area contributed by atoms with Crippen molar-refractivity contribution in [1.29, 1.82) is 0 Å². The molecule has 1 aromatic carbocycles. The summed E-state index contributed by atoms with van der Waals surface area (Å²) < 4.78 is 18.4. The predicted molar refractivity (Wildman–Crippen MR) is 71.8 cm³/mol. The predicted octanol–water partition coefficient (Wildman–Crippen LogP) is 1.16. The van der Waals surface area contributed by atoms with Gasteiger partial charge >= 0.3 is 0 Å². The Kier molecular flexibility index (Phi) is 5.13. The van der Waals surface area contributed by atoms with Gasteiger partial charge in [-0.15, -0.1) is 0 Å². The van der Waals surface area contributed by atoms with E-state index in [1.54, 1.807) is 6.07 Å². The summed E-state index contributed by atoms with van der Waals surface area (Å²) >= 11 is 0. The highest BCUT2D eigenvalue weighted by atomic mass is 19.1.